The first-order valence-electron chi connectivity index (χ1n) is 5.67. The molecule has 18 heavy (non-hydrogen) atoms. The van der Waals surface area contributed by atoms with Crippen molar-refractivity contribution in [1.29, 1.82) is 0 Å². The molecule has 1 amide bonds. The second-order valence-corrected chi connectivity index (χ2v) is 5.76. The lowest BCUT2D eigenvalue weighted by molar-refractivity contribution is -0.130. The lowest BCUT2D eigenvalue weighted by Crippen LogP contribution is -2.23. The third-order valence-electron chi connectivity index (χ3n) is 3.02. The summed E-state index contributed by atoms with van der Waals surface area (Å²) in [4.78, 5) is 11.7. The molecule has 1 aliphatic heterocycles. The van der Waals surface area contributed by atoms with Gasteiger partial charge in [-0.1, -0.05) is 0 Å². The van der Waals surface area contributed by atoms with Crippen molar-refractivity contribution in [1.82, 2.24) is 5.01 Å². The van der Waals surface area contributed by atoms with Crippen LogP contribution < -0.4 is 0 Å². The number of rotatable bonds is 2. The van der Waals surface area contributed by atoms with Crippen LogP contribution in [0.25, 0.3) is 0 Å². The van der Waals surface area contributed by atoms with Crippen molar-refractivity contribution in [3.8, 4) is 0 Å². The van der Waals surface area contributed by atoms with E-state index < -0.39 is 0 Å². The molecule has 0 aromatic carbocycles. The summed E-state index contributed by atoms with van der Waals surface area (Å²) >= 11 is 3.30. The van der Waals surface area contributed by atoms with E-state index in [2.05, 4.69) is 28.0 Å². The molecule has 0 spiro atoms. The largest absolute Gasteiger partial charge is 0.273 e. The summed E-state index contributed by atoms with van der Waals surface area (Å²) in [5, 5.41) is 14.3. The molecule has 0 unspecified atom stereocenters. The quantitative estimate of drug-likeness (QED) is 0.826. The molecule has 2 aromatic heterocycles. The fourth-order valence-corrected chi connectivity index (χ4v) is 3.50. The molecule has 2 aromatic rings. The number of hydrogen-bond acceptors (Lipinski definition) is 4. The first-order valence-corrected chi connectivity index (χ1v) is 7.56. The number of amides is 1. The highest BCUT2D eigenvalue weighted by atomic mass is 32.1. The van der Waals surface area contributed by atoms with E-state index in [1.54, 1.807) is 34.6 Å². The Morgan fingerprint density at radius 2 is 2.11 bits per heavy atom. The highest BCUT2D eigenvalue weighted by Crippen LogP contribution is 2.33. The van der Waals surface area contributed by atoms with Gasteiger partial charge in [-0.25, -0.2) is 5.01 Å². The lowest BCUT2D eigenvalue weighted by Gasteiger charge is -2.18. The molecule has 5 heteroatoms. The first kappa shape index (κ1) is 11.6. The smallest absolute Gasteiger partial charge is 0.240 e. The molecule has 1 aliphatic rings. The van der Waals surface area contributed by atoms with Crippen molar-refractivity contribution in [3.63, 3.8) is 0 Å². The Balaban J connectivity index is 1.93. The van der Waals surface area contributed by atoms with Crippen LogP contribution >= 0.6 is 22.7 Å². The van der Waals surface area contributed by atoms with Crippen LogP contribution in [0.5, 0.6) is 0 Å². The molecule has 0 N–H and O–H groups in total. The van der Waals surface area contributed by atoms with E-state index in [-0.39, 0.29) is 11.9 Å². The van der Waals surface area contributed by atoms with E-state index in [0.29, 0.717) is 0 Å². The molecule has 3 heterocycles. The number of hydrazone groups is 1. The minimum Gasteiger partial charge on any atom is -0.273 e. The van der Waals surface area contributed by atoms with Gasteiger partial charge < -0.3 is 0 Å². The van der Waals surface area contributed by atoms with Gasteiger partial charge >= 0.3 is 0 Å². The summed E-state index contributed by atoms with van der Waals surface area (Å²) < 4.78 is 0. The van der Waals surface area contributed by atoms with Gasteiger partial charge in [0.05, 0.1) is 11.8 Å². The molecule has 0 fully saturated rings. The van der Waals surface area contributed by atoms with Crippen molar-refractivity contribution in [2.45, 2.75) is 19.4 Å². The summed E-state index contributed by atoms with van der Waals surface area (Å²) in [5.74, 6) is -0.00331. The molecular weight excluding hydrogens is 264 g/mol. The Bertz CT molecular complexity index is 572. The predicted molar refractivity (Wildman–Crippen MR) is 75.1 cm³/mol. The monoisotopic (exact) mass is 276 g/mol. The Morgan fingerprint density at radius 1 is 1.33 bits per heavy atom. The zero-order valence-corrected chi connectivity index (χ0v) is 11.5. The van der Waals surface area contributed by atoms with E-state index in [1.165, 1.54) is 5.56 Å². The SMILES string of the molecule is CC(=O)N1N=C(c2ccsc2)C[C@@H]1c1ccsc1. The van der Waals surface area contributed by atoms with Gasteiger partial charge in [-0.15, -0.1) is 0 Å². The van der Waals surface area contributed by atoms with Crippen LogP contribution in [0.15, 0.2) is 38.8 Å². The maximum Gasteiger partial charge on any atom is 0.240 e. The fourth-order valence-electron chi connectivity index (χ4n) is 2.13. The second kappa shape index (κ2) is 4.66. The van der Waals surface area contributed by atoms with Crippen LogP contribution in [0.2, 0.25) is 0 Å². The Kier molecular flexibility index (Phi) is 3.01. The number of thiophene rings is 2. The predicted octanol–water partition coefficient (Wildman–Crippen LogP) is 3.51. The molecule has 92 valence electrons. The molecule has 3 nitrogen and oxygen atoms in total. The van der Waals surface area contributed by atoms with Gasteiger partial charge in [0, 0.05) is 18.9 Å². The van der Waals surface area contributed by atoms with E-state index in [9.17, 15) is 4.79 Å². The third-order valence-corrected chi connectivity index (χ3v) is 4.40. The molecule has 0 radical (unpaired) electrons. The Labute approximate surface area is 113 Å². The summed E-state index contributed by atoms with van der Waals surface area (Å²) in [6, 6.07) is 4.18. The third kappa shape index (κ3) is 2.00. The normalized spacial score (nSPS) is 19.1. The van der Waals surface area contributed by atoms with Gasteiger partial charge in [0.2, 0.25) is 5.91 Å². The number of hydrogen-bond donors (Lipinski definition) is 0. The van der Waals surface area contributed by atoms with Crippen LogP contribution in [-0.2, 0) is 4.79 Å². The Hall–Kier alpha value is -1.46. The van der Waals surface area contributed by atoms with Gasteiger partial charge in [-0.05, 0) is 39.2 Å². The lowest BCUT2D eigenvalue weighted by atomic mass is 10.0. The molecule has 0 saturated heterocycles. The molecule has 1 atom stereocenters. The van der Waals surface area contributed by atoms with Crippen molar-refractivity contribution in [3.05, 3.63) is 44.8 Å². The van der Waals surface area contributed by atoms with E-state index in [1.807, 2.05) is 10.8 Å². The van der Waals surface area contributed by atoms with Gasteiger partial charge in [0.25, 0.3) is 0 Å². The van der Waals surface area contributed by atoms with Crippen LogP contribution in [0.4, 0.5) is 0 Å². The zero-order chi connectivity index (χ0) is 12.5. The molecule has 0 saturated carbocycles. The zero-order valence-electron chi connectivity index (χ0n) is 9.87. The molecule has 0 aliphatic carbocycles. The number of nitrogens with zero attached hydrogens (tertiary/aromatic N) is 2. The van der Waals surface area contributed by atoms with Crippen molar-refractivity contribution in [2.24, 2.45) is 5.10 Å². The van der Waals surface area contributed by atoms with E-state index in [4.69, 9.17) is 0 Å². The number of carbonyl (C=O) groups excluding carboxylic acids is 1. The topological polar surface area (TPSA) is 32.7 Å². The molecule has 3 rings (SSSR count). The Morgan fingerprint density at radius 3 is 2.72 bits per heavy atom. The maximum atomic E-state index is 11.7. The van der Waals surface area contributed by atoms with Crippen LogP contribution in [0.3, 0.4) is 0 Å². The average Bonchev–Trinajstić information content (AvgIpc) is 3.10. The summed E-state index contributed by atoms with van der Waals surface area (Å²) in [6.45, 7) is 1.57. The van der Waals surface area contributed by atoms with Crippen molar-refractivity contribution < 1.29 is 4.79 Å². The number of carbonyl (C=O) groups is 1. The van der Waals surface area contributed by atoms with Gasteiger partial charge in [0.1, 0.15) is 0 Å². The highest BCUT2D eigenvalue weighted by molar-refractivity contribution is 7.08. The van der Waals surface area contributed by atoms with Gasteiger partial charge in [-0.2, -0.15) is 27.8 Å². The van der Waals surface area contributed by atoms with Crippen molar-refractivity contribution >= 4 is 34.3 Å². The molecule has 0 bridgehead atoms. The van der Waals surface area contributed by atoms with E-state index in [0.717, 1.165) is 17.7 Å². The maximum absolute atomic E-state index is 11.7. The van der Waals surface area contributed by atoms with Crippen LogP contribution in [0.1, 0.15) is 30.5 Å². The van der Waals surface area contributed by atoms with Gasteiger partial charge in [-0.3, -0.25) is 4.79 Å². The second-order valence-electron chi connectivity index (χ2n) is 4.20. The van der Waals surface area contributed by atoms with E-state index >= 15 is 0 Å². The standard InChI is InChI=1S/C13H12N2OS2/c1-9(16)15-13(11-3-5-18-8-11)6-12(14-15)10-2-4-17-7-10/h2-5,7-8,13H,6H2,1H3/t13-/m1/s1. The highest BCUT2D eigenvalue weighted by Gasteiger charge is 2.31. The fraction of sp³-hybridized carbons (Fsp3) is 0.231. The van der Waals surface area contributed by atoms with Crippen LogP contribution in [0, 0.1) is 0 Å². The summed E-state index contributed by atoms with van der Waals surface area (Å²) in [6.07, 6.45) is 0.799. The summed E-state index contributed by atoms with van der Waals surface area (Å²) in [5.41, 5.74) is 3.30. The minimum atomic E-state index is -0.00331. The minimum absolute atomic E-state index is 0.00331. The van der Waals surface area contributed by atoms with Crippen molar-refractivity contribution in [2.75, 3.05) is 0 Å². The molecular formula is C13H12N2OS2. The van der Waals surface area contributed by atoms with Gasteiger partial charge in [0.15, 0.2) is 0 Å². The van der Waals surface area contributed by atoms with Crippen LogP contribution in [-0.4, -0.2) is 16.6 Å². The summed E-state index contributed by atoms with van der Waals surface area (Å²) in [7, 11) is 0. The average molecular weight is 276 g/mol. The first-order chi connectivity index (χ1) is 8.75.